The van der Waals surface area contributed by atoms with Crippen molar-refractivity contribution in [2.75, 3.05) is 11.9 Å². The van der Waals surface area contributed by atoms with Gasteiger partial charge in [0.25, 0.3) is 5.91 Å². The van der Waals surface area contributed by atoms with Crippen LogP contribution in [0.15, 0.2) is 42.5 Å². The Hall–Kier alpha value is -3.21. The summed E-state index contributed by atoms with van der Waals surface area (Å²) in [5.41, 5.74) is 6.12. The Morgan fingerprint density at radius 2 is 1.76 bits per heavy atom. The first-order chi connectivity index (χ1) is 14.0. The van der Waals surface area contributed by atoms with E-state index < -0.39 is 5.97 Å². The second kappa shape index (κ2) is 8.03. The van der Waals surface area contributed by atoms with E-state index in [1.165, 1.54) is 0 Å². The Balaban J connectivity index is 1.54. The molecule has 148 valence electrons. The number of aromatic nitrogens is 1. The molecule has 0 saturated carbocycles. The third-order valence-corrected chi connectivity index (χ3v) is 5.21. The van der Waals surface area contributed by atoms with Crippen molar-refractivity contribution in [2.45, 2.75) is 39.5 Å². The highest BCUT2D eigenvalue weighted by Crippen LogP contribution is 2.29. The van der Waals surface area contributed by atoms with Crippen LogP contribution in [-0.2, 0) is 22.4 Å². The zero-order valence-electron chi connectivity index (χ0n) is 16.7. The lowest BCUT2D eigenvalue weighted by molar-refractivity contribution is -0.119. The molecule has 1 aliphatic carbocycles. The lowest BCUT2D eigenvalue weighted by Gasteiger charge is -2.20. The maximum atomic E-state index is 13.0. The van der Waals surface area contributed by atoms with Crippen LogP contribution in [0, 0.1) is 13.8 Å². The number of nitrogens with one attached hydrogen (secondary N) is 1. The fraction of sp³-hybridized carbons (Fsp3) is 0.292. The van der Waals surface area contributed by atoms with Crippen molar-refractivity contribution >= 4 is 28.5 Å². The molecule has 1 aliphatic rings. The molecule has 1 amide bonds. The fourth-order valence-corrected chi connectivity index (χ4v) is 4.05. The van der Waals surface area contributed by atoms with E-state index in [9.17, 15) is 9.59 Å². The van der Waals surface area contributed by atoms with E-state index in [0.717, 1.165) is 59.0 Å². The minimum absolute atomic E-state index is 0.322. The molecule has 1 N–H and O–H groups in total. The summed E-state index contributed by atoms with van der Waals surface area (Å²) in [6.45, 7) is 3.62. The van der Waals surface area contributed by atoms with Crippen LogP contribution in [0.5, 0.6) is 0 Å². The van der Waals surface area contributed by atoms with Crippen molar-refractivity contribution in [1.29, 1.82) is 0 Å². The van der Waals surface area contributed by atoms with Crippen molar-refractivity contribution in [2.24, 2.45) is 0 Å². The third kappa shape index (κ3) is 4.14. The van der Waals surface area contributed by atoms with E-state index >= 15 is 0 Å². The molecule has 0 saturated heterocycles. The Kier molecular flexibility index (Phi) is 5.30. The summed E-state index contributed by atoms with van der Waals surface area (Å²) < 4.78 is 5.42. The standard InChI is InChI=1S/C24H24N2O3/c1-15-11-16(2)13-17(12-15)25-22(27)14-29-24(28)23-18-7-3-5-9-20(18)26-21-10-6-4-8-19(21)23/h3,5,7,9,11-13H,4,6,8,10,14H2,1-2H3,(H,25,27). The van der Waals surface area contributed by atoms with Crippen LogP contribution in [0.25, 0.3) is 10.9 Å². The highest BCUT2D eigenvalue weighted by atomic mass is 16.5. The SMILES string of the molecule is Cc1cc(C)cc(NC(=O)COC(=O)c2c3c(nc4ccccc24)CCCC3)c1. The van der Waals surface area contributed by atoms with Crippen LogP contribution in [0.3, 0.4) is 0 Å². The van der Waals surface area contributed by atoms with Gasteiger partial charge in [0.1, 0.15) is 0 Å². The molecule has 0 atom stereocenters. The second-order valence-electron chi connectivity index (χ2n) is 7.64. The average molecular weight is 388 g/mol. The number of hydrogen-bond donors (Lipinski definition) is 1. The zero-order valence-corrected chi connectivity index (χ0v) is 16.7. The number of para-hydroxylation sites is 1. The number of benzene rings is 2. The van der Waals surface area contributed by atoms with Crippen molar-refractivity contribution in [1.82, 2.24) is 4.98 Å². The maximum Gasteiger partial charge on any atom is 0.339 e. The number of fused-ring (bicyclic) bond motifs is 2. The highest BCUT2D eigenvalue weighted by molar-refractivity contribution is 6.06. The summed E-state index contributed by atoms with van der Waals surface area (Å²) in [4.78, 5) is 30.0. The largest absolute Gasteiger partial charge is 0.452 e. The number of anilines is 1. The maximum absolute atomic E-state index is 13.0. The number of carbonyl (C=O) groups is 2. The predicted octanol–water partition coefficient (Wildman–Crippen LogP) is 4.53. The molecule has 0 unspecified atom stereocenters. The van der Waals surface area contributed by atoms with Crippen LogP contribution in [0.4, 0.5) is 5.69 Å². The first-order valence-electron chi connectivity index (χ1n) is 9.97. The molecule has 29 heavy (non-hydrogen) atoms. The van der Waals surface area contributed by atoms with E-state index in [1.807, 2.05) is 56.3 Å². The van der Waals surface area contributed by atoms with Crippen LogP contribution >= 0.6 is 0 Å². The number of hydrogen-bond acceptors (Lipinski definition) is 4. The number of carbonyl (C=O) groups excluding carboxylic acids is 2. The summed E-state index contributed by atoms with van der Waals surface area (Å²) in [6, 6.07) is 13.4. The van der Waals surface area contributed by atoms with Gasteiger partial charge in [0, 0.05) is 16.8 Å². The number of nitrogens with zero attached hydrogens (tertiary/aromatic N) is 1. The van der Waals surface area contributed by atoms with Gasteiger partial charge in [-0.2, -0.15) is 0 Å². The minimum atomic E-state index is -0.461. The van der Waals surface area contributed by atoms with Gasteiger partial charge in [0.05, 0.1) is 11.1 Å². The Labute approximate surface area is 170 Å². The van der Waals surface area contributed by atoms with Crippen LogP contribution in [0.1, 0.15) is 45.6 Å². The van der Waals surface area contributed by atoms with Gasteiger partial charge in [0.15, 0.2) is 6.61 Å². The smallest absolute Gasteiger partial charge is 0.339 e. The van der Waals surface area contributed by atoms with Gasteiger partial charge >= 0.3 is 5.97 Å². The first-order valence-corrected chi connectivity index (χ1v) is 9.97. The third-order valence-electron chi connectivity index (χ3n) is 5.21. The lowest BCUT2D eigenvalue weighted by atomic mass is 9.90. The molecule has 1 heterocycles. The average Bonchev–Trinajstić information content (AvgIpc) is 2.69. The van der Waals surface area contributed by atoms with E-state index in [2.05, 4.69) is 5.32 Å². The van der Waals surface area contributed by atoms with Gasteiger partial charge in [-0.05, 0) is 74.4 Å². The number of amides is 1. The van der Waals surface area contributed by atoms with Gasteiger partial charge < -0.3 is 10.1 Å². The molecule has 1 aromatic heterocycles. The molecule has 3 aromatic rings. The molecule has 0 aliphatic heterocycles. The van der Waals surface area contributed by atoms with Crippen LogP contribution < -0.4 is 5.32 Å². The summed E-state index contributed by atoms with van der Waals surface area (Å²) in [5, 5.41) is 3.59. The topological polar surface area (TPSA) is 68.3 Å². The normalized spacial score (nSPS) is 13.0. The molecule has 5 heteroatoms. The molecule has 0 fully saturated rings. The molecule has 0 radical (unpaired) electrons. The highest BCUT2D eigenvalue weighted by Gasteiger charge is 2.24. The van der Waals surface area contributed by atoms with Crippen LogP contribution in [-0.4, -0.2) is 23.5 Å². The van der Waals surface area contributed by atoms with Gasteiger partial charge in [0.2, 0.25) is 0 Å². The summed E-state index contributed by atoms with van der Waals surface area (Å²) in [7, 11) is 0. The second-order valence-corrected chi connectivity index (χ2v) is 7.64. The molecular weight excluding hydrogens is 364 g/mol. The predicted molar refractivity (Wildman–Crippen MR) is 113 cm³/mol. The van der Waals surface area contributed by atoms with Crippen molar-refractivity contribution in [3.63, 3.8) is 0 Å². The number of ether oxygens (including phenoxy) is 1. The summed E-state index contributed by atoms with van der Waals surface area (Å²) in [5.74, 6) is -0.812. The molecular formula is C24H24N2O3. The zero-order chi connectivity index (χ0) is 20.4. The fourth-order valence-electron chi connectivity index (χ4n) is 4.05. The molecule has 2 aromatic carbocycles. The van der Waals surface area contributed by atoms with E-state index in [1.54, 1.807) is 0 Å². The van der Waals surface area contributed by atoms with Gasteiger partial charge in [-0.15, -0.1) is 0 Å². The first kappa shape index (κ1) is 19.1. The van der Waals surface area contributed by atoms with Gasteiger partial charge in [-0.1, -0.05) is 24.3 Å². The summed E-state index contributed by atoms with van der Waals surface area (Å²) in [6.07, 6.45) is 3.78. The van der Waals surface area contributed by atoms with Gasteiger partial charge in [-0.25, -0.2) is 4.79 Å². The van der Waals surface area contributed by atoms with Crippen molar-refractivity contribution < 1.29 is 14.3 Å². The Morgan fingerprint density at radius 3 is 2.55 bits per heavy atom. The van der Waals surface area contributed by atoms with Crippen molar-refractivity contribution in [3.05, 3.63) is 70.4 Å². The van der Waals surface area contributed by atoms with Crippen molar-refractivity contribution in [3.8, 4) is 0 Å². The monoisotopic (exact) mass is 388 g/mol. The Morgan fingerprint density at radius 1 is 1.03 bits per heavy atom. The molecule has 4 rings (SSSR count). The molecule has 0 spiro atoms. The molecule has 5 nitrogen and oxygen atoms in total. The van der Waals surface area contributed by atoms with Crippen LogP contribution in [0.2, 0.25) is 0 Å². The van der Waals surface area contributed by atoms with E-state index in [4.69, 9.17) is 9.72 Å². The number of rotatable bonds is 4. The number of pyridine rings is 1. The quantitative estimate of drug-likeness (QED) is 0.667. The van der Waals surface area contributed by atoms with E-state index in [-0.39, 0.29) is 12.5 Å². The number of aryl methyl sites for hydroxylation is 3. The lowest BCUT2D eigenvalue weighted by Crippen LogP contribution is -2.22. The Bertz CT molecular complexity index is 1080. The summed E-state index contributed by atoms with van der Waals surface area (Å²) >= 11 is 0. The van der Waals surface area contributed by atoms with E-state index in [0.29, 0.717) is 11.3 Å². The molecule has 0 bridgehead atoms. The minimum Gasteiger partial charge on any atom is -0.452 e. The number of esters is 1. The van der Waals surface area contributed by atoms with Gasteiger partial charge in [-0.3, -0.25) is 9.78 Å².